The zero-order valence-electron chi connectivity index (χ0n) is 11.4. The molecule has 5 heteroatoms. The van der Waals surface area contributed by atoms with Crippen molar-refractivity contribution in [1.29, 1.82) is 0 Å². The summed E-state index contributed by atoms with van der Waals surface area (Å²) in [6.07, 6.45) is 6.50. The number of benzene rings is 1. The van der Waals surface area contributed by atoms with Crippen LogP contribution in [0.2, 0.25) is 0 Å². The molecule has 0 saturated carbocycles. The van der Waals surface area contributed by atoms with Gasteiger partial charge in [0.2, 0.25) is 0 Å². The lowest BCUT2D eigenvalue weighted by Crippen LogP contribution is -2.21. The molecule has 3 aromatic rings. The summed E-state index contributed by atoms with van der Waals surface area (Å²) in [6.45, 7) is 1.08. The van der Waals surface area contributed by atoms with Gasteiger partial charge < -0.3 is 4.90 Å². The van der Waals surface area contributed by atoms with Crippen LogP contribution in [0.1, 0.15) is 24.4 Å². The molecule has 4 rings (SSSR count). The SMILES string of the molecule is Cn1cc([C@H]2CCCN2c2nc3ccccc3s2)cn1. The van der Waals surface area contributed by atoms with Gasteiger partial charge in [-0.2, -0.15) is 5.10 Å². The number of para-hydroxylation sites is 1. The Labute approximate surface area is 121 Å². The third-order valence-electron chi connectivity index (χ3n) is 3.89. The molecular weight excluding hydrogens is 268 g/mol. The van der Waals surface area contributed by atoms with Gasteiger partial charge in [-0.25, -0.2) is 4.98 Å². The van der Waals surface area contributed by atoms with Gasteiger partial charge in [-0.1, -0.05) is 23.5 Å². The molecule has 1 fully saturated rings. The highest BCUT2D eigenvalue weighted by Crippen LogP contribution is 2.39. The zero-order valence-corrected chi connectivity index (χ0v) is 12.2. The second-order valence-corrected chi connectivity index (χ2v) is 6.27. The van der Waals surface area contributed by atoms with E-state index in [0.29, 0.717) is 6.04 Å². The maximum atomic E-state index is 4.79. The van der Waals surface area contributed by atoms with Crippen LogP contribution in [0.3, 0.4) is 0 Å². The molecule has 0 amide bonds. The average Bonchev–Trinajstić information content (AvgIpc) is 3.15. The first kappa shape index (κ1) is 11.9. The van der Waals surface area contributed by atoms with Crippen molar-refractivity contribution in [3.05, 3.63) is 42.2 Å². The largest absolute Gasteiger partial charge is 0.341 e. The maximum Gasteiger partial charge on any atom is 0.186 e. The Morgan fingerprint density at radius 3 is 3.00 bits per heavy atom. The smallest absolute Gasteiger partial charge is 0.186 e. The number of rotatable bonds is 2. The molecule has 0 aliphatic carbocycles. The first-order valence-electron chi connectivity index (χ1n) is 6.92. The van der Waals surface area contributed by atoms with E-state index in [1.807, 2.05) is 17.9 Å². The molecule has 1 aliphatic heterocycles. The van der Waals surface area contributed by atoms with Crippen molar-refractivity contribution in [3.63, 3.8) is 0 Å². The number of aromatic nitrogens is 3. The van der Waals surface area contributed by atoms with Crippen molar-refractivity contribution in [1.82, 2.24) is 14.8 Å². The number of thiazole rings is 1. The summed E-state index contributed by atoms with van der Waals surface area (Å²) >= 11 is 1.79. The second-order valence-electron chi connectivity index (χ2n) is 5.26. The predicted octanol–water partition coefficient (Wildman–Crippen LogP) is 3.37. The quantitative estimate of drug-likeness (QED) is 0.723. The van der Waals surface area contributed by atoms with Gasteiger partial charge in [0.05, 0.1) is 22.5 Å². The molecule has 3 heterocycles. The van der Waals surface area contributed by atoms with E-state index in [4.69, 9.17) is 4.98 Å². The summed E-state index contributed by atoms with van der Waals surface area (Å²) in [6, 6.07) is 8.78. The molecule has 0 spiro atoms. The summed E-state index contributed by atoms with van der Waals surface area (Å²) in [5.74, 6) is 0. The summed E-state index contributed by atoms with van der Waals surface area (Å²) < 4.78 is 3.14. The van der Waals surface area contributed by atoms with E-state index >= 15 is 0 Å². The molecule has 0 unspecified atom stereocenters. The van der Waals surface area contributed by atoms with Gasteiger partial charge in [0.15, 0.2) is 5.13 Å². The fraction of sp³-hybridized carbons (Fsp3) is 0.333. The summed E-state index contributed by atoms with van der Waals surface area (Å²) in [7, 11) is 1.97. The average molecular weight is 284 g/mol. The first-order valence-corrected chi connectivity index (χ1v) is 7.74. The highest BCUT2D eigenvalue weighted by molar-refractivity contribution is 7.22. The van der Waals surface area contributed by atoms with Crippen LogP contribution < -0.4 is 4.90 Å². The number of anilines is 1. The van der Waals surface area contributed by atoms with Gasteiger partial charge in [-0.3, -0.25) is 4.68 Å². The van der Waals surface area contributed by atoms with Crippen molar-refractivity contribution < 1.29 is 0 Å². The lowest BCUT2D eigenvalue weighted by Gasteiger charge is -2.22. The maximum absolute atomic E-state index is 4.79. The molecule has 20 heavy (non-hydrogen) atoms. The van der Waals surface area contributed by atoms with E-state index in [9.17, 15) is 0 Å². The zero-order chi connectivity index (χ0) is 13.5. The van der Waals surface area contributed by atoms with Crippen molar-refractivity contribution in [2.45, 2.75) is 18.9 Å². The highest BCUT2D eigenvalue weighted by Gasteiger charge is 2.29. The molecule has 1 atom stereocenters. The van der Waals surface area contributed by atoms with Gasteiger partial charge in [-0.15, -0.1) is 0 Å². The number of aryl methyl sites for hydroxylation is 1. The van der Waals surface area contributed by atoms with Crippen LogP contribution >= 0.6 is 11.3 Å². The van der Waals surface area contributed by atoms with Gasteiger partial charge in [0.25, 0.3) is 0 Å². The fourth-order valence-electron chi connectivity index (χ4n) is 2.94. The minimum atomic E-state index is 0.421. The molecule has 1 aromatic carbocycles. The summed E-state index contributed by atoms with van der Waals surface area (Å²) in [4.78, 5) is 7.23. The van der Waals surface area contributed by atoms with Gasteiger partial charge in [0, 0.05) is 25.4 Å². The number of nitrogens with zero attached hydrogens (tertiary/aromatic N) is 4. The van der Waals surface area contributed by atoms with Crippen LogP contribution in [0.4, 0.5) is 5.13 Å². The molecule has 1 saturated heterocycles. The Hall–Kier alpha value is -1.88. The first-order chi connectivity index (χ1) is 9.81. The minimum Gasteiger partial charge on any atom is -0.341 e. The Kier molecular flexibility index (Phi) is 2.73. The molecular formula is C15H16N4S. The summed E-state index contributed by atoms with van der Waals surface area (Å²) in [5.41, 5.74) is 2.40. The van der Waals surface area contributed by atoms with Crippen molar-refractivity contribution in [2.24, 2.45) is 7.05 Å². The predicted molar refractivity (Wildman–Crippen MR) is 82.1 cm³/mol. The van der Waals surface area contributed by atoms with E-state index < -0.39 is 0 Å². The Bertz CT molecular complexity index is 712. The standard InChI is InChI=1S/C15H16N4S/c1-18-10-11(9-16-18)13-6-4-8-19(13)15-17-12-5-2-3-7-14(12)20-15/h2-3,5,7,9-10,13H,4,6,8H2,1H3/t13-/m1/s1. The Morgan fingerprint density at radius 1 is 1.30 bits per heavy atom. The second kappa shape index (κ2) is 4.59. The monoisotopic (exact) mass is 284 g/mol. The Morgan fingerprint density at radius 2 is 2.20 bits per heavy atom. The van der Waals surface area contributed by atoms with Crippen LogP contribution in [-0.4, -0.2) is 21.3 Å². The van der Waals surface area contributed by atoms with Gasteiger partial charge in [-0.05, 0) is 25.0 Å². The van der Waals surface area contributed by atoms with Crippen LogP contribution in [0.15, 0.2) is 36.7 Å². The Balaban J connectivity index is 1.72. The van der Waals surface area contributed by atoms with Crippen LogP contribution in [0.25, 0.3) is 10.2 Å². The van der Waals surface area contributed by atoms with Gasteiger partial charge in [0.1, 0.15) is 0 Å². The van der Waals surface area contributed by atoms with Crippen molar-refractivity contribution >= 4 is 26.7 Å². The van der Waals surface area contributed by atoms with E-state index in [1.54, 1.807) is 11.3 Å². The molecule has 0 bridgehead atoms. The number of hydrogen-bond donors (Lipinski definition) is 0. The fourth-order valence-corrected chi connectivity index (χ4v) is 3.98. The normalized spacial score (nSPS) is 19.1. The van der Waals surface area contributed by atoms with E-state index in [2.05, 4.69) is 40.5 Å². The van der Waals surface area contributed by atoms with Crippen molar-refractivity contribution in [3.8, 4) is 0 Å². The lowest BCUT2D eigenvalue weighted by molar-refractivity contribution is 0.714. The topological polar surface area (TPSA) is 34.0 Å². The van der Waals surface area contributed by atoms with Gasteiger partial charge >= 0.3 is 0 Å². The molecule has 1 aliphatic rings. The third kappa shape index (κ3) is 1.89. The number of fused-ring (bicyclic) bond motifs is 1. The van der Waals surface area contributed by atoms with Crippen molar-refractivity contribution in [2.75, 3.05) is 11.4 Å². The van der Waals surface area contributed by atoms with E-state index in [0.717, 1.165) is 17.2 Å². The molecule has 0 N–H and O–H groups in total. The minimum absolute atomic E-state index is 0.421. The highest BCUT2D eigenvalue weighted by atomic mass is 32.1. The summed E-state index contributed by atoms with van der Waals surface area (Å²) in [5, 5.41) is 5.44. The van der Waals surface area contributed by atoms with Crippen LogP contribution in [0.5, 0.6) is 0 Å². The van der Waals surface area contributed by atoms with E-state index in [1.165, 1.54) is 23.1 Å². The molecule has 4 nitrogen and oxygen atoms in total. The lowest BCUT2D eigenvalue weighted by atomic mass is 10.1. The van der Waals surface area contributed by atoms with Crippen LogP contribution in [0, 0.1) is 0 Å². The molecule has 0 radical (unpaired) electrons. The number of hydrogen-bond acceptors (Lipinski definition) is 4. The molecule has 102 valence electrons. The van der Waals surface area contributed by atoms with E-state index in [-0.39, 0.29) is 0 Å². The third-order valence-corrected chi connectivity index (χ3v) is 4.96. The van der Waals surface area contributed by atoms with Crippen LogP contribution in [-0.2, 0) is 7.05 Å². The molecule has 2 aromatic heterocycles.